The first kappa shape index (κ1) is 18.8. The third kappa shape index (κ3) is 4.32. The number of nitrogens with two attached hydrogens (primary N) is 1. The lowest BCUT2D eigenvalue weighted by Crippen LogP contribution is -2.19. The Morgan fingerprint density at radius 1 is 1.04 bits per heavy atom. The van der Waals surface area contributed by atoms with Crippen LogP contribution in [0.25, 0.3) is 0 Å². The Labute approximate surface area is 143 Å². The van der Waals surface area contributed by atoms with Crippen LogP contribution in [0.15, 0.2) is 24.3 Å². The molecule has 2 aromatic carbocycles. The summed E-state index contributed by atoms with van der Waals surface area (Å²) < 4.78 is 84.1. The van der Waals surface area contributed by atoms with E-state index in [0.717, 1.165) is 12.1 Å². The fourth-order valence-electron chi connectivity index (χ4n) is 1.92. The minimum Gasteiger partial charge on any atom is -0.451 e. The number of ether oxygens (including phenoxy) is 1. The summed E-state index contributed by atoms with van der Waals surface area (Å²) in [6.45, 7) is 1.38. The van der Waals surface area contributed by atoms with Gasteiger partial charge in [0, 0.05) is 6.07 Å². The number of hydrogen-bond donors (Lipinski definition) is 2. The number of benzene rings is 2. The second-order valence-electron chi connectivity index (χ2n) is 4.96. The number of rotatable bonds is 3. The summed E-state index contributed by atoms with van der Waals surface area (Å²) >= 11 is 4.57. The van der Waals surface area contributed by atoms with Gasteiger partial charge >= 0.3 is 6.18 Å². The maximum Gasteiger partial charge on any atom is 0.416 e. The van der Waals surface area contributed by atoms with Crippen molar-refractivity contribution in [2.45, 2.75) is 13.1 Å². The first-order valence-electron chi connectivity index (χ1n) is 6.59. The molecule has 0 aliphatic carbocycles. The number of alkyl halides is 3. The van der Waals surface area contributed by atoms with E-state index in [1.165, 1.54) is 6.92 Å². The lowest BCUT2D eigenvalue weighted by Gasteiger charge is -2.15. The lowest BCUT2D eigenvalue weighted by molar-refractivity contribution is -0.138. The van der Waals surface area contributed by atoms with Crippen LogP contribution in [0, 0.1) is 24.4 Å². The van der Waals surface area contributed by atoms with Gasteiger partial charge in [0.15, 0.2) is 22.5 Å². The summed E-state index contributed by atoms with van der Waals surface area (Å²) in [5.74, 6) is -5.12. The van der Waals surface area contributed by atoms with Crippen molar-refractivity contribution in [2.75, 3.05) is 5.32 Å². The molecular formula is C15H10F6N2OS. The zero-order chi connectivity index (χ0) is 18.9. The third-order valence-corrected chi connectivity index (χ3v) is 3.16. The van der Waals surface area contributed by atoms with E-state index in [0.29, 0.717) is 0 Å². The van der Waals surface area contributed by atoms with Gasteiger partial charge in [-0.1, -0.05) is 0 Å². The highest BCUT2D eigenvalue weighted by Gasteiger charge is 2.33. The van der Waals surface area contributed by atoms with Crippen molar-refractivity contribution in [3.8, 4) is 11.5 Å². The number of hydrogen-bond acceptors (Lipinski definition) is 2. The molecule has 0 unspecified atom stereocenters. The molecule has 134 valence electrons. The second-order valence-corrected chi connectivity index (χ2v) is 5.40. The zero-order valence-electron chi connectivity index (χ0n) is 12.5. The van der Waals surface area contributed by atoms with Crippen LogP contribution in [-0.4, -0.2) is 5.11 Å². The summed E-state index contributed by atoms with van der Waals surface area (Å²) in [6, 6.07) is 2.22. The Bertz CT molecular complexity index is 814. The molecule has 0 aromatic heterocycles. The van der Waals surface area contributed by atoms with Gasteiger partial charge in [-0.15, -0.1) is 0 Å². The van der Waals surface area contributed by atoms with E-state index in [1.807, 2.05) is 0 Å². The Morgan fingerprint density at radius 3 is 2.08 bits per heavy atom. The van der Waals surface area contributed by atoms with Gasteiger partial charge in [-0.05, 0) is 42.9 Å². The van der Waals surface area contributed by atoms with Gasteiger partial charge in [0.25, 0.3) is 0 Å². The predicted octanol–water partition coefficient (Wildman–Crippen LogP) is 4.88. The first-order chi connectivity index (χ1) is 11.5. The monoisotopic (exact) mass is 380 g/mol. The van der Waals surface area contributed by atoms with Crippen molar-refractivity contribution in [2.24, 2.45) is 5.73 Å². The Morgan fingerprint density at radius 2 is 1.60 bits per heavy atom. The van der Waals surface area contributed by atoms with Crippen LogP contribution in [0.2, 0.25) is 0 Å². The number of nitrogens with one attached hydrogen (secondary N) is 1. The van der Waals surface area contributed by atoms with E-state index in [4.69, 9.17) is 10.5 Å². The minimum absolute atomic E-state index is 0.103. The molecule has 0 bridgehead atoms. The van der Waals surface area contributed by atoms with Gasteiger partial charge in [-0.3, -0.25) is 0 Å². The number of thiocarbonyl (C=S) groups is 1. The molecule has 0 spiro atoms. The zero-order valence-corrected chi connectivity index (χ0v) is 13.3. The van der Waals surface area contributed by atoms with Crippen LogP contribution in [0.5, 0.6) is 11.5 Å². The molecular weight excluding hydrogens is 370 g/mol. The molecule has 10 heteroatoms. The Hall–Kier alpha value is -2.49. The molecule has 0 fully saturated rings. The van der Waals surface area contributed by atoms with E-state index in [2.05, 4.69) is 17.5 Å². The van der Waals surface area contributed by atoms with Crippen molar-refractivity contribution < 1.29 is 31.1 Å². The smallest absolute Gasteiger partial charge is 0.416 e. The molecule has 0 saturated carbocycles. The van der Waals surface area contributed by atoms with Gasteiger partial charge in [0.1, 0.15) is 11.6 Å². The van der Waals surface area contributed by atoms with Gasteiger partial charge in [-0.25, -0.2) is 13.2 Å². The van der Waals surface area contributed by atoms with Crippen LogP contribution in [0.1, 0.15) is 11.1 Å². The molecule has 3 N–H and O–H groups in total. The standard InChI is InChI=1S/C15H10F6N2OS/c1-6-2-8(16)11(23-14(22)25)5-12(6)24-13-9(17)3-7(4-10(13)18)15(19,20)21/h2-5H,1H3,(H3,22,23,25). The van der Waals surface area contributed by atoms with Crippen LogP contribution < -0.4 is 15.8 Å². The summed E-state index contributed by atoms with van der Waals surface area (Å²) in [6.07, 6.45) is -4.92. The number of anilines is 1. The molecule has 2 aromatic rings. The van der Waals surface area contributed by atoms with Gasteiger partial charge < -0.3 is 15.8 Å². The van der Waals surface area contributed by atoms with Crippen molar-refractivity contribution in [3.05, 3.63) is 52.8 Å². The number of aryl methyl sites for hydroxylation is 1. The van der Waals surface area contributed by atoms with Crippen molar-refractivity contribution in [1.82, 2.24) is 0 Å². The van der Waals surface area contributed by atoms with E-state index in [-0.39, 0.29) is 34.2 Å². The van der Waals surface area contributed by atoms with Crippen LogP contribution in [0.3, 0.4) is 0 Å². The molecule has 0 heterocycles. The van der Waals surface area contributed by atoms with Crippen molar-refractivity contribution >= 4 is 23.0 Å². The normalized spacial score (nSPS) is 11.3. The Kier molecular flexibility index (Phi) is 5.12. The topological polar surface area (TPSA) is 47.3 Å². The number of halogens is 6. The third-order valence-electron chi connectivity index (χ3n) is 3.06. The van der Waals surface area contributed by atoms with E-state index < -0.39 is 34.9 Å². The van der Waals surface area contributed by atoms with Crippen molar-refractivity contribution in [1.29, 1.82) is 0 Å². The molecule has 0 saturated heterocycles. The highest BCUT2D eigenvalue weighted by molar-refractivity contribution is 7.80. The molecule has 0 amide bonds. The molecule has 0 radical (unpaired) electrons. The maximum absolute atomic E-state index is 13.9. The Balaban J connectivity index is 2.45. The summed E-state index contributed by atoms with van der Waals surface area (Å²) in [4.78, 5) is 0. The van der Waals surface area contributed by atoms with Gasteiger partial charge in [0.05, 0.1) is 11.3 Å². The predicted molar refractivity (Wildman–Crippen MR) is 83.0 cm³/mol. The second kappa shape index (κ2) is 6.79. The van der Waals surface area contributed by atoms with Crippen molar-refractivity contribution in [3.63, 3.8) is 0 Å². The quantitative estimate of drug-likeness (QED) is 0.589. The largest absolute Gasteiger partial charge is 0.451 e. The summed E-state index contributed by atoms with van der Waals surface area (Å²) in [5, 5.41) is 2.04. The van der Waals surface area contributed by atoms with Crippen LogP contribution >= 0.6 is 12.2 Å². The average Bonchev–Trinajstić information content (AvgIpc) is 2.45. The fourth-order valence-corrected chi connectivity index (χ4v) is 2.03. The molecule has 0 atom stereocenters. The minimum atomic E-state index is -4.92. The van der Waals surface area contributed by atoms with E-state index >= 15 is 0 Å². The van der Waals surface area contributed by atoms with Gasteiger partial charge in [-0.2, -0.15) is 13.2 Å². The van der Waals surface area contributed by atoms with Crippen LogP contribution in [-0.2, 0) is 6.18 Å². The molecule has 0 aliphatic heterocycles. The average molecular weight is 380 g/mol. The first-order valence-corrected chi connectivity index (χ1v) is 7.00. The SMILES string of the molecule is Cc1cc(F)c(NC(N)=S)cc1Oc1c(F)cc(C(F)(F)F)cc1F. The van der Waals surface area contributed by atoms with Gasteiger partial charge in [0.2, 0.25) is 0 Å². The highest BCUT2D eigenvalue weighted by atomic mass is 32.1. The van der Waals surface area contributed by atoms with E-state index in [1.54, 1.807) is 0 Å². The molecule has 0 aliphatic rings. The summed E-state index contributed by atoms with van der Waals surface area (Å²) in [5.41, 5.74) is 3.65. The highest BCUT2D eigenvalue weighted by Crippen LogP contribution is 2.37. The molecule has 2 rings (SSSR count). The maximum atomic E-state index is 13.9. The molecule has 3 nitrogen and oxygen atoms in total. The summed E-state index contributed by atoms with van der Waals surface area (Å²) in [7, 11) is 0. The fraction of sp³-hybridized carbons (Fsp3) is 0.133. The lowest BCUT2D eigenvalue weighted by atomic mass is 10.1. The van der Waals surface area contributed by atoms with Crippen LogP contribution in [0.4, 0.5) is 32.0 Å². The van der Waals surface area contributed by atoms with E-state index in [9.17, 15) is 26.3 Å². The molecule has 25 heavy (non-hydrogen) atoms.